The van der Waals surface area contributed by atoms with E-state index < -0.39 is 30.1 Å². The molecule has 42 heavy (non-hydrogen) atoms. The second-order valence-corrected chi connectivity index (χ2v) is 14.5. The number of benzene rings is 3. The molecule has 0 aliphatic carbocycles. The first kappa shape index (κ1) is 30.8. The maximum atomic E-state index is 9.63. The van der Waals surface area contributed by atoms with E-state index in [0.717, 1.165) is 62.9 Å². The standard InChI is InChI=1S/C21H12N6.C2H6O2S.2CH4O3S/c1-4-10-16-13(7-1)22-19-25(16)20-23-15-9-3-6-12-18(15)27(20)21-24-14-8-2-5-11-17(14)26(19)21;3*1-5(2,3)4/h1-12H;1-2H3;2*1H3,(H,2,3,4). The number of rotatable bonds is 0. The Hall–Kier alpha value is -4.16. The molecule has 0 bridgehead atoms. The average molecular weight is 635 g/mol. The molecule has 7 aromatic rings. The van der Waals surface area contributed by atoms with Crippen LogP contribution < -0.4 is 0 Å². The van der Waals surface area contributed by atoms with E-state index in [4.69, 9.17) is 24.1 Å². The molecule has 4 heterocycles. The molecule has 0 radical (unpaired) electrons. The summed E-state index contributed by atoms with van der Waals surface area (Å²) in [6, 6.07) is 24.5. The summed E-state index contributed by atoms with van der Waals surface area (Å²) in [4.78, 5) is 14.8. The first-order valence-electron chi connectivity index (χ1n) is 11.8. The van der Waals surface area contributed by atoms with E-state index in [9.17, 15) is 25.3 Å². The number of sulfone groups is 1. The number of aromatic nitrogens is 6. The van der Waals surface area contributed by atoms with Gasteiger partial charge in [0.05, 0.1) is 45.6 Å². The van der Waals surface area contributed by atoms with Gasteiger partial charge >= 0.3 is 0 Å². The molecule has 0 atom stereocenters. The second-order valence-electron chi connectivity index (χ2n) is 9.32. The normalized spacial score (nSPS) is 12.1. The number of nitrogens with zero attached hydrogens (tertiary/aromatic N) is 6. The van der Waals surface area contributed by atoms with Gasteiger partial charge < -0.3 is 0 Å². The third-order valence-corrected chi connectivity index (χ3v) is 5.23. The van der Waals surface area contributed by atoms with Crippen molar-refractivity contribution < 1.29 is 34.4 Å². The van der Waals surface area contributed by atoms with Gasteiger partial charge in [-0.3, -0.25) is 9.11 Å². The largest absolute Gasteiger partial charge is 0.286 e. The molecule has 4 aromatic heterocycles. The SMILES string of the molecule is CS(=O)(=O)O.CS(=O)(=O)O.CS(C)(=O)=O.c1ccc2c(c1)nc1n2c2nc3ccccc3n2c2nc3ccccc3n12. The van der Waals surface area contributed by atoms with Crippen molar-refractivity contribution >= 4 is 80.5 Å². The zero-order valence-corrected chi connectivity index (χ0v) is 25.1. The summed E-state index contributed by atoms with van der Waals surface area (Å²) in [5, 5.41) is 0. The molecule has 0 fully saturated rings. The summed E-state index contributed by atoms with van der Waals surface area (Å²) in [7, 11) is -10.0. The van der Waals surface area contributed by atoms with Crippen molar-refractivity contribution in [3.8, 4) is 0 Å². The average Bonchev–Trinajstić information content (AvgIpc) is 3.51. The van der Waals surface area contributed by atoms with Gasteiger partial charge in [0.15, 0.2) is 0 Å². The maximum Gasteiger partial charge on any atom is 0.261 e. The lowest BCUT2D eigenvalue weighted by atomic mass is 10.3. The molecule has 0 saturated heterocycles. The zero-order chi connectivity index (χ0) is 31.0. The number of hydrogen-bond acceptors (Lipinski definition) is 9. The third kappa shape index (κ3) is 7.37. The molecule has 17 heteroatoms. The van der Waals surface area contributed by atoms with Gasteiger partial charge in [-0.2, -0.15) is 16.8 Å². The van der Waals surface area contributed by atoms with Crippen LogP contribution in [0.5, 0.6) is 0 Å². The fourth-order valence-corrected chi connectivity index (χ4v) is 4.08. The zero-order valence-electron chi connectivity index (χ0n) is 22.7. The fourth-order valence-electron chi connectivity index (χ4n) is 4.08. The van der Waals surface area contributed by atoms with Crippen molar-refractivity contribution in [3.05, 3.63) is 72.8 Å². The molecule has 222 valence electrons. The van der Waals surface area contributed by atoms with Crippen molar-refractivity contribution in [2.75, 3.05) is 25.0 Å². The molecule has 0 saturated carbocycles. The molecular formula is C25H26N6O8S3. The van der Waals surface area contributed by atoms with Gasteiger partial charge in [-0.05, 0) is 36.4 Å². The summed E-state index contributed by atoms with van der Waals surface area (Å²) in [6.07, 6.45) is 3.75. The van der Waals surface area contributed by atoms with Crippen molar-refractivity contribution in [1.29, 1.82) is 0 Å². The summed E-state index contributed by atoms with van der Waals surface area (Å²) in [6.45, 7) is 0. The van der Waals surface area contributed by atoms with Gasteiger partial charge in [-0.25, -0.2) is 36.6 Å². The van der Waals surface area contributed by atoms with Crippen LogP contribution in [0.25, 0.3) is 50.4 Å². The van der Waals surface area contributed by atoms with Gasteiger partial charge in [0, 0.05) is 12.5 Å². The highest BCUT2D eigenvalue weighted by atomic mass is 32.2. The van der Waals surface area contributed by atoms with Crippen LogP contribution in [0, 0.1) is 0 Å². The van der Waals surface area contributed by atoms with Gasteiger partial charge in [-0.15, -0.1) is 0 Å². The summed E-state index contributed by atoms with van der Waals surface area (Å²) in [5.74, 6) is 2.47. The molecule has 14 nitrogen and oxygen atoms in total. The predicted octanol–water partition coefficient (Wildman–Crippen LogP) is 2.76. The summed E-state index contributed by atoms with van der Waals surface area (Å²) < 4.78 is 77.4. The molecular weight excluding hydrogens is 609 g/mol. The van der Waals surface area contributed by atoms with Crippen LogP contribution in [0.1, 0.15) is 0 Å². The van der Waals surface area contributed by atoms with E-state index >= 15 is 0 Å². The fraction of sp³-hybridized carbons (Fsp3) is 0.160. The van der Waals surface area contributed by atoms with Crippen molar-refractivity contribution in [1.82, 2.24) is 28.2 Å². The molecule has 3 aromatic carbocycles. The monoisotopic (exact) mass is 634 g/mol. The van der Waals surface area contributed by atoms with Crippen LogP contribution in [-0.2, 0) is 30.1 Å². The number of hydrogen-bond donors (Lipinski definition) is 2. The molecule has 0 unspecified atom stereocenters. The van der Waals surface area contributed by atoms with Crippen LogP contribution in [0.2, 0.25) is 0 Å². The summed E-state index contributed by atoms with van der Waals surface area (Å²) in [5.41, 5.74) is 5.93. The Bertz CT molecular complexity index is 2100. The Balaban J connectivity index is 0.000000227. The Morgan fingerprint density at radius 1 is 0.476 bits per heavy atom. The Kier molecular flexibility index (Phi) is 8.25. The van der Waals surface area contributed by atoms with Gasteiger partial charge in [-0.1, -0.05) is 36.4 Å². The van der Waals surface area contributed by atoms with E-state index in [1.807, 2.05) is 54.6 Å². The third-order valence-electron chi connectivity index (χ3n) is 5.23. The first-order chi connectivity index (χ1) is 19.4. The van der Waals surface area contributed by atoms with Gasteiger partial charge in [0.1, 0.15) is 9.84 Å². The molecule has 0 spiro atoms. The van der Waals surface area contributed by atoms with Gasteiger partial charge in [0.25, 0.3) is 20.2 Å². The molecule has 0 aliphatic heterocycles. The van der Waals surface area contributed by atoms with Crippen LogP contribution in [0.15, 0.2) is 72.8 Å². The Morgan fingerprint density at radius 3 is 0.881 bits per heavy atom. The highest BCUT2D eigenvalue weighted by molar-refractivity contribution is 7.89. The highest BCUT2D eigenvalue weighted by Gasteiger charge is 2.20. The lowest BCUT2D eigenvalue weighted by Gasteiger charge is -2.05. The van der Waals surface area contributed by atoms with Crippen molar-refractivity contribution in [2.24, 2.45) is 0 Å². The predicted molar refractivity (Wildman–Crippen MR) is 161 cm³/mol. The quantitative estimate of drug-likeness (QED) is 0.233. The van der Waals surface area contributed by atoms with Crippen LogP contribution in [0.3, 0.4) is 0 Å². The van der Waals surface area contributed by atoms with Crippen LogP contribution in [0.4, 0.5) is 0 Å². The van der Waals surface area contributed by atoms with Crippen molar-refractivity contribution in [3.63, 3.8) is 0 Å². The van der Waals surface area contributed by atoms with Crippen LogP contribution in [-0.4, -0.2) is 87.5 Å². The van der Waals surface area contributed by atoms with E-state index in [0.29, 0.717) is 12.5 Å². The molecule has 0 aliphatic rings. The smallest absolute Gasteiger partial charge is 0.261 e. The minimum Gasteiger partial charge on any atom is -0.286 e. The lowest BCUT2D eigenvalue weighted by Crippen LogP contribution is -2.03. The van der Waals surface area contributed by atoms with Crippen molar-refractivity contribution in [2.45, 2.75) is 0 Å². The van der Waals surface area contributed by atoms with Crippen LogP contribution >= 0.6 is 0 Å². The topological polar surface area (TPSA) is 195 Å². The van der Waals surface area contributed by atoms with E-state index in [-0.39, 0.29) is 0 Å². The Morgan fingerprint density at radius 2 is 0.667 bits per heavy atom. The first-order valence-corrected chi connectivity index (χ1v) is 17.8. The van der Waals surface area contributed by atoms with E-state index in [1.54, 1.807) is 0 Å². The van der Waals surface area contributed by atoms with E-state index in [1.165, 1.54) is 0 Å². The molecule has 0 amide bonds. The molecule has 7 rings (SSSR count). The minimum absolute atomic E-state index is 0.715. The van der Waals surface area contributed by atoms with E-state index in [2.05, 4.69) is 31.4 Å². The number of para-hydroxylation sites is 6. The Labute approximate surface area is 240 Å². The molecule has 2 N–H and O–H groups in total. The minimum atomic E-state index is -3.67. The summed E-state index contributed by atoms with van der Waals surface area (Å²) >= 11 is 0. The number of imidazole rings is 3. The van der Waals surface area contributed by atoms with Gasteiger partial charge in [0.2, 0.25) is 17.3 Å². The highest BCUT2D eigenvalue weighted by Crippen LogP contribution is 2.27. The second kappa shape index (κ2) is 11.3. The lowest BCUT2D eigenvalue weighted by molar-refractivity contribution is 0.488. The maximum absolute atomic E-state index is 9.63. The number of fused-ring (bicyclic) bond motifs is 12.